The highest BCUT2D eigenvalue weighted by molar-refractivity contribution is 5.96. The van der Waals surface area contributed by atoms with Gasteiger partial charge < -0.3 is 15.3 Å². The zero-order valence-corrected chi connectivity index (χ0v) is 17.8. The van der Waals surface area contributed by atoms with Crippen molar-refractivity contribution in [2.24, 2.45) is 11.3 Å². The van der Waals surface area contributed by atoms with Crippen molar-refractivity contribution in [2.75, 3.05) is 38.0 Å². The fraction of sp³-hybridized carbons (Fsp3) is 0.571. The number of carbonyl (C=O) groups excluding carboxylic acids is 2. The average molecular weight is 424 g/mol. The minimum Gasteiger partial charge on any atom is -0.481 e. The number of amides is 2. The standard InChI is InChI=1S/C21H29N3O4.ClH/c1-3-24(4-2)19(26)15-7-9-17(10-8-15)22-18(25)13-23-12-16-6-5-11-21(16,14-23)20(27)28;/h7-10,16H,3-6,11-14H2,1-2H3,(H,22,25)(H,27,28);1H/t16-,21+;/m0./s1. The van der Waals surface area contributed by atoms with Crippen molar-refractivity contribution >= 4 is 35.9 Å². The van der Waals surface area contributed by atoms with E-state index in [1.54, 1.807) is 29.2 Å². The van der Waals surface area contributed by atoms with E-state index in [9.17, 15) is 19.5 Å². The third kappa shape index (κ3) is 4.73. The zero-order valence-electron chi connectivity index (χ0n) is 17.0. The molecule has 0 aromatic heterocycles. The molecule has 1 aromatic rings. The van der Waals surface area contributed by atoms with Gasteiger partial charge in [0.25, 0.3) is 5.91 Å². The van der Waals surface area contributed by atoms with Crippen LogP contribution in [-0.4, -0.2) is 65.4 Å². The number of carboxylic acids is 1. The molecule has 29 heavy (non-hydrogen) atoms. The summed E-state index contributed by atoms with van der Waals surface area (Å²) in [6, 6.07) is 6.89. The van der Waals surface area contributed by atoms with Crippen LogP contribution < -0.4 is 5.32 Å². The molecule has 0 radical (unpaired) electrons. The van der Waals surface area contributed by atoms with E-state index >= 15 is 0 Å². The number of rotatable bonds is 7. The number of carbonyl (C=O) groups is 3. The topological polar surface area (TPSA) is 90.0 Å². The third-order valence-corrected chi connectivity index (χ3v) is 6.20. The van der Waals surface area contributed by atoms with Gasteiger partial charge in [-0.3, -0.25) is 19.3 Å². The molecular weight excluding hydrogens is 394 g/mol. The zero-order chi connectivity index (χ0) is 20.3. The molecule has 3 rings (SSSR count). The minimum atomic E-state index is -0.730. The van der Waals surface area contributed by atoms with E-state index in [1.165, 1.54) is 0 Å². The molecule has 1 aliphatic heterocycles. The maximum atomic E-state index is 12.4. The summed E-state index contributed by atoms with van der Waals surface area (Å²) >= 11 is 0. The van der Waals surface area contributed by atoms with Crippen LogP contribution in [-0.2, 0) is 9.59 Å². The van der Waals surface area contributed by atoms with E-state index in [1.807, 2.05) is 18.7 Å². The Kier molecular flexibility index (Phi) is 7.66. The lowest BCUT2D eigenvalue weighted by molar-refractivity contribution is -0.149. The molecule has 1 heterocycles. The lowest BCUT2D eigenvalue weighted by Crippen LogP contribution is -2.37. The van der Waals surface area contributed by atoms with Crippen LogP contribution in [0.1, 0.15) is 43.5 Å². The molecule has 1 aromatic carbocycles. The largest absolute Gasteiger partial charge is 0.481 e. The average Bonchev–Trinajstić information content (AvgIpc) is 3.21. The van der Waals surface area contributed by atoms with Crippen LogP contribution in [0.5, 0.6) is 0 Å². The molecule has 8 heteroatoms. The lowest BCUT2D eigenvalue weighted by Gasteiger charge is -2.23. The molecule has 1 saturated heterocycles. The van der Waals surface area contributed by atoms with Crippen molar-refractivity contribution < 1.29 is 19.5 Å². The summed E-state index contributed by atoms with van der Waals surface area (Å²) in [4.78, 5) is 40.2. The normalized spacial score (nSPS) is 23.2. The first-order valence-corrected chi connectivity index (χ1v) is 10.0. The summed E-state index contributed by atoms with van der Waals surface area (Å²) in [5.74, 6) is -0.775. The second-order valence-electron chi connectivity index (χ2n) is 7.82. The van der Waals surface area contributed by atoms with E-state index in [4.69, 9.17) is 0 Å². The van der Waals surface area contributed by atoms with Crippen LogP contribution in [0.25, 0.3) is 0 Å². The van der Waals surface area contributed by atoms with Gasteiger partial charge in [-0.2, -0.15) is 0 Å². The number of fused-ring (bicyclic) bond motifs is 1. The molecule has 2 aliphatic rings. The number of likely N-dealkylation sites (tertiary alicyclic amines) is 1. The Balaban J connectivity index is 0.00000300. The Morgan fingerprint density at radius 2 is 1.86 bits per heavy atom. The third-order valence-electron chi connectivity index (χ3n) is 6.20. The highest BCUT2D eigenvalue weighted by atomic mass is 35.5. The van der Waals surface area contributed by atoms with Gasteiger partial charge in [0.1, 0.15) is 0 Å². The molecule has 7 nitrogen and oxygen atoms in total. The van der Waals surface area contributed by atoms with Gasteiger partial charge in [0, 0.05) is 37.4 Å². The quantitative estimate of drug-likeness (QED) is 0.703. The van der Waals surface area contributed by atoms with E-state index in [-0.39, 0.29) is 36.7 Å². The van der Waals surface area contributed by atoms with Crippen LogP contribution in [0.4, 0.5) is 5.69 Å². The second-order valence-corrected chi connectivity index (χ2v) is 7.82. The van der Waals surface area contributed by atoms with Gasteiger partial charge in [-0.05, 0) is 56.9 Å². The Hall–Kier alpha value is -2.12. The number of nitrogens with zero attached hydrogens (tertiary/aromatic N) is 2. The van der Waals surface area contributed by atoms with Gasteiger partial charge in [0.05, 0.1) is 12.0 Å². The van der Waals surface area contributed by atoms with Crippen molar-refractivity contribution in [1.82, 2.24) is 9.80 Å². The minimum absolute atomic E-state index is 0. The lowest BCUT2D eigenvalue weighted by atomic mass is 9.81. The van der Waals surface area contributed by atoms with Crippen molar-refractivity contribution in [1.29, 1.82) is 0 Å². The highest BCUT2D eigenvalue weighted by Gasteiger charge is 2.54. The van der Waals surface area contributed by atoms with E-state index in [0.29, 0.717) is 43.9 Å². The van der Waals surface area contributed by atoms with E-state index in [2.05, 4.69) is 5.32 Å². The monoisotopic (exact) mass is 423 g/mol. The molecule has 0 unspecified atom stereocenters. The van der Waals surface area contributed by atoms with Crippen LogP contribution in [0, 0.1) is 11.3 Å². The Morgan fingerprint density at radius 3 is 2.41 bits per heavy atom. The Bertz CT molecular complexity index is 751. The van der Waals surface area contributed by atoms with Crippen LogP contribution >= 0.6 is 12.4 Å². The first kappa shape index (κ1) is 23.2. The summed E-state index contributed by atoms with van der Waals surface area (Å²) in [7, 11) is 0. The first-order chi connectivity index (χ1) is 13.4. The molecule has 1 saturated carbocycles. The van der Waals surface area contributed by atoms with Crippen molar-refractivity contribution in [3.05, 3.63) is 29.8 Å². The molecular formula is C21H30ClN3O4. The number of benzene rings is 1. The molecule has 0 spiro atoms. The summed E-state index contributed by atoms with van der Waals surface area (Å²) in [5.41, 5.74) is 0.554. The van der Waals surface area contributed by atoms with E-state index in [0.717, 1.165) is 12.8 Å². The maximum absolute atomic E-state index is 12.4. The number of nitrogens with one attached hydrogen (secondary N) is 1. The van der Waals surface area contributed by atoms with Gasteiger partial charge in [-0.15, -0.1) is 12.4 Å². The maximum Gasteiger partial charge on any atom is 0.311 e. The highest BCUT2D eigenvalue weighted by Crippen LogP contribution is 2.48. The van der Waals surface area contributed by atoms with Gasteiger partial charge in [0.2, 0.25) is 5.91 Å². The van der Waals surface area contributed by atoms with Gasteiger partial charge in [0.15, 0.2) is 0 Å². The number of hydrogen-bond donors (Lipinski definition) is 2. The smallest absolute Gasteiger partial charge is 0.311 e. The van der Waals surface area contributed by atoms with E-state index < -0.39 is 11.4 Å². The molecule has 0 bridgehead atoms. The molecule has 2 atom stereocenters. The Labute approximate surface area is 177 Å². The molecule has 160 valence electrons. The van der Waals surface area contributed by atoms with Crippen molar-refractivity contribution in [3.63, 3.8) is 0 Å². The summed E-state index contributed by atoms with van der Waals surface area (Å²) in [6.45, 7) is 6.49. The number of carboxylic acid groups (broad SMARTS) is 1. The SMILES string of the molecule is CCN(CC)C(=O)c1ccc(NC(=O)CN2C[C@@H]3CCC[C@@]3(C(=O)O)C2)cc1.Cl. The van der Waals surface area contributed by atoms with Gasteiger partial charge >= 0.3 is 5.97 Å². The number of halogens is 1. The van der Waals surface area contributed by atoms with Gasteiger partial charge in [-0.25, -0.2) is 0 Å². The summed E-state index contributed by atoms with van der Waals surface area (Å²) in [6.07, 6.45) is 2.58. The fourth-order valence-corrected chi connectivity index (χ4v) is 4.66. The van der Waals surface area contributed by atoms with Crippen LogP contribution in [0.15, 0.2) is 24.3 Å². The van der Waals surface area contributed by atoms with Crippen molar-refractivity contribution in [3.8, 4) is 0 Å². The molecule has 1 aliphatic carbocycles. The predicted octanol–water partition coefficient (Wildman–Crippen LogP) is 2.72. The summed E-state index contributed by atoms with van der Waals surface area (Å²) in [5, 5.41) is 12.5. The van der Waals surface area contributed by atoms with Gasteiger partial charge in [-0.1, -0.05) is 6.42 Å². The molecule has 2 amide bonds. The molecule has 2 fully saturated rings. The Morgan fingerprint density at radius 1 is 1.21 bits per heavy atom. The number of aliphatic carboxylic acids is 1. The number of hydrogen-bond acceptors (Lipinski definition) is 4. The summed E-state index contributed by atoms with van der Waals surface area (Å²) < 4.78 is 0. The number of anilines is 1. The van der Waals surface area contributed by atoms with Crippen LogP contribution in [0.3, 0.4) is 0 Å². The predicted molar refractivity (Wildman–Crippen MR) is 113 cm³/mol. The first-order valence-electron chi connectivity index (χ1n) is 10.0. The second kappa shape index (κ2) is 9.59. The van der Waals surface area contributed by atoms with Crippen LogP contribution in [0.2, 0.25) is 0 Å². The molecule has 2 N–H and O–H groups in total. The van der Waals surface area contributed by atoms with Crippen molar-refractivity contribution in [2.45, 2.75) is 33.1 Å². The fourth-order valence-electron chi connectivity index (χ4n) is 4.66.